The lowest BCUT2D eigenvalue weighted by Crippen LogP contribution is -2.15. The third kappa shape index (κ3) is 3.32. The van der Waals surface area contributed by atoms with Crippen LogP contribution in [0, 0.1) is 5.92 Å². The summed E-state index contributed by atoms with van der Waals surface area (Å²) in [4.78, 5) is 11.7. The highest BCUT2D eigenvalue weighted by atomic mass is 19.4. The lowest BCUT2D eigenvalue weighted by atomic mass is 9.90. The first kappa shape index (κ1) is 13.7. The Kier molecular flexibility index (Phi) is 3.96. The molecule has 1 nitrogen and oxygen atoms in total. The van der Waals surface area contributed by atoms with Gasteiger partial charge in [-0.1, -0.05) is 32.9 Å². The van der Waals surface area contributed by atoms with Gasteiger partial charge >= 0.3 is 6.18 Å². The second kappa shape index (κ2) is 4.90. The smallest absolute Gasteiger partial charge is 0.299 e. The van der Waals surface area contributed by atoms with Crippen LogP contribution in [-0.2, 0) is 11.0 Å². The third-order valence-electron chi connectivity index (χ3n) is 2.73. The average Bonchev–Trinajstić information content (AvgIpc) is 2.26. The first-order valence-corrected chi connectivity index (χ1v) is 5.44. The predicted octanol–water partition coefficient (Wildman–Crippen LogP) is 4.03. The molecule has 0 aromatic heterocycles. The van der Waals surface area contributed by atoms with Gasteiger partial charge in [0.15, 0.2) is 0 Å². The predicted molar refractivity (Wildman–Crippen MR) is 59.7 cm³/mol. The molecule has 0 saturated carbocycles. The van der Waals surface area contributed by atoms with Crippen molar-refractivity contribution in [2.75, 3.05) is 0 Å². The highest BCUT2D eigenvalue weighted by molar-refractivity contribution is 5.86. The van der Waals surface area contributed by atoms with Crippen LogP contribution in [0.25, 0.3) is 0 Å². The molecule has 0 bridgehead atoms. The third-order valence-corrected chi connectivity index (χ3v) is 2.73. The molecule has 0 amide bonds. The normalized spacial score (nSPS) is 13.8. The van der Waals surface area contributed by atoms with Crippen molar-refractivity contribution in [2.24, 2.45) is 5.92 Å². The molecule has 4 heteroatoms. The molecule has 0 aliphatic carbocycles. The van der Waals surface area contributed by atoms with Crippen LogP contribution in [0.3, 0.4) is 0 Å². The summed E-state index contributed by atoms with van der Waals surface area (Å²) in [5, 5.41) is 0. The van der Waals surface area contributed by atoms with Gasteiger partial charge in [-0.25, -0.2) is 0 Å². The number of ketones is 1. The summed E-state index contributed by atoms with van der Waals surface area (Å²) in [6.45, 7) is 5.27. The van der Waals surface area contributed by atoms with Crippen LogP contribution in [0.1, 0.15) is 37.8 Å². The van der Waals surface area contributed by atoms with Crippen molar-refractivity contribution in [3.8, 4) is 0 Å². The van der Waals surface area contributed by atoms with Gasteiger partial charge in [0.05, 0.1) is 5.56 Å². The molecule has 0 heterocycles. The van der Waals surface area contributed by atoms with Crippen molar-refractivity contribution in [3.63, 3.8) is 0 Å². The molecule has 0 fully saturated rings. The Morgan fingerprint density at radius 1 is 1.06 bits per heavy atom. The van der Waals surface area contributed by atoms with E-state index < -0.39 is 11.7 Å². The zero-order valence-electron chi connectivity index (χ0n) is 10.0. The topological polar surface area (TPSA) is 17.1 Å². The van der Waals surface area contributed by atoms with Crippen molar-refractivity contribution in [1.82, 2.24) is 0 Å². The minimum Gasteiger partial charge on any atom is -0.299 e. The molecule has 0 N–H and O–H groups in total. The summed E-state index contributed by atoms with van der Waals surface area (Å²) in [5.41, 5.74) is -0.0675. The molecule has 1 aromatic rings. The lowest BCUT2D eigenvalue weighted by molar-refractivity contribution is -0.137. The van der Waals surface area contributed by atoms with E-state index in [1.165, 1.54) is 12.1 Å². The summed E-state index contributed by atoms with van der Waals surface area (Å²) in [6.07, 6.45) is -4.33. The van der Waals surface area contributed by atoms with Gasteiger partial charge in [-0.3, -0.25) is 4.79 Å². The van der Waals surface area contributed by atoms with E-state index in [4.69, 9.17) is 0 Å². The molecule has 0 aliphatic rings. The zero-order chi connectivity index (χ0) is 13.2. The van der Waals surface area contributed by atoms with Crippen molar-refractivity contribution in [2.45, 2.75) is 32.9 Å². The summed E-state index contributed by atoms with van der Waals surface area (Å²) in [6, 6.07) is 4.76. The quantitative estimate of drug-likeness (QED) is 0.784. The Hall–Kier alpha value is -1.32. The van der Waals surface area contributed by atoms with E-state index in [9.17, 15) is 18.0 Å². The Morgan fingerprint density at radius 3 is 1.88 bits per heavy atom. The molecule has 94 valence electrons. The average molecular weight is 244 g/mol. The van der Waals surface area contributed by atoms with Gasteiger partial charge in [0, 0.05) is 11.8 Å². The molecule has 1 atom stereocenters. The Bertz CT molecular complexity index is 390. The molecule has 1 unspecified atom stereocenters. The highest BCUT2D eigenvalue weighted by Gasteiger charge is 2.30. The molecule has 0 spiro atoms. The summed E-state index contributed by atoms with van der Waals surface area (Å²) in [5.74, 6) is -0.450. The van der Waals surface area contributed by atoms with Crippen molar-refractivity contribution < 1.29 is 18.0 Å². The SMILES string of the molecule is CC(C)C(=O)C(C)c1ccc(C(F)(F)F)cc1. The van der Waals surface area contributed by atoms with E-state index in [1.807, 2.05) is 0 Å². The number of hydrogen-bond acceptors (Lipinski definition) is 1. The lowest BCUT2D eigenvalue weighted by Gasteiger charge is -2.14. The monoisotopic (exact) mass is 244 g/mol. The van der Waals surface area contributed by atoms with Crippen molar-refractivity contribution >= 4 is 5.78 Å². The standard InChI is InChI=1S/C13H15F3O/c1-8(2)12(17)9(3)10-4-6-11(7-5-10)13(14,15)16/h4-9H,1-3H3. The number of halogens is 3. The van der Waals surface area contributed by atoms with E-state index in [0.717, 1.165) is 12.1 Å². The van der Waals surface area contributed by atoms with Crippen LogP contribution in [0.4, 0.5) is 13.2 Å². The van der Waals surface area contributed by atoms with Crippen molar-refractivity contribution in [1.29, 1.82) is 0 Å². The van der Waals surface area contributed by atoms with Gasteiger partial charge in [0.2, 0.25) is 0 Å². The first-order valence-electron chi connectivity index (χ1n) is 5.44. The first-order chi connectivity index (χ1) is 7.73. The van der Waals surface area contributed by atoms with Crippen LogP contribution < -0.4 is 0 Å². The largest absolute Gasteiger partial charge is 0.416 e. The minimum absolute atomic E-state index is 0.0322. The zero-order valence-corrected chi connectivity index (χ0v) is 10.0. The molecular weight excluding hydrogens is 229 g/mol. The minimum atomic E-state index is -4.33. The number of benzene rings is 1. The molecule has 0 saturated heterocycles. The van der Waals surface area contributed by atoms with E-state index in [2.05, 4.69) is 0 Å². The van der Waals surface area contributed by atoms with Crippen LogP contribution in [-0.4, -0.2) is 5.78 Å². The van der Waals surface area contributed by atoms with Gasteiger partial charge in [0.25, 0.3) is 0 Å². The van der Waals surface area contributed by atoms with E-state index in [-0.39, 0.29) is 17.6 Å². The molecule has 0 radical (unpaired) electrons. The molecular formula is C13H15F3O. The maximum Gasteiger partial charge on any atom is 0.416 e. The fraction of sp³-hybridized carbons (Fsp3) is 0.462. The second-order valence-corrected chi connectivity index (χ2v) is 4.40. The number of hydrogen-bond donors (Lipinski definition) is 0. The highest BCUT2D eigenvalue weighted by Crippen LogP contribution is 2.30. The molecule has 1 aromatic carbocycles. The van der Waals surface area contributed by atoms with Gasteiger partial charge in [-0.15, -0.1) is 0 Å². The molecule has 1 rings (SSSR count). The molecule has 17 heavy (non-hydrogen) atoms. The maximum absolute atomic E-state index is 12.3. The number of Topliss-reactive ketones (excluding diaryl/α,β-unsaturated/α-hetero) is 1. The summed E-state index contributed by atoms with van der Waals surface area (Å²) in [7, 11) is 0. The van der Waals surface area contributed by atoms with Gasteiger partial charge in [-0.05, 0) is 17.7 Å². The van der Waals surface area contributed by atoms with Crippen LogP contribution >= 0.6 is 0 Å². The summed E-state index contributed by atoms with van der Waals surface area (Å²) >= 11 is 0. The van der Waals surface area contributed by atoms with E-state index in [0.29, 0.717) is 5.56 Å². The van der Waals surface area contributed by atoms with E-state index >= 15 is 0 Å². The fourth-order valence-corrected chi connectivity index (χ4v) is 1.63. The van der Waals surface area contributed by atoms with Crippen molar-refractivity contribution in [3.05, 3.63) is 35.4 Å². The van der Waals surface area contributed by atoms with Gasteiger partial charge < -0.3 is 0 Å². The van der Waals surface area contributed by atoms with Crippen LogP contribution in [0.2, 0.25) is 0 Å². The number of carbonyl (C=O) groups excluding carboxylic acids is 1. The second-order valence-electron chi connectivity index (χ2n) is 4.40. The Balaban J connectivity index is 2.92. The fourth-order valence-electron chi connectivity index (χ4n) is 1.63. The Labute approximate surface area is 98.6 Å². The van der Waals surface area contributed by atoms with E-state index in [1.54, 1.807) is 20.8 Å². The number of rotatable bonds is 3. The number of carbonyl (C=O) groups is 1. The Morgan fingerprint density at radius 2 is 1.53 bits per heavy atom. The van der Waals surface area contributed by atoms with Crippen LogP contribution in [0.15, 0.2) is 24.3 Å². The van der Waals surface area contributed by atoms with Gasteiger partial charge in [0.1, 0.15) is 5.78 Å². The van der Waals surface area contributed by atoms with Crippen LogP contribution in [0.5, 0.6) is 0 Å². The number of alkyl halides is 3. The van der Waals surface area contributed by atoms with Gasteiger partial charge in [-0.2, -0.15) is 13.2 Å². The summed E-state index contributed by atoms with van der Waals surface area (Å²) < 4.78 is 37.0. The molecule has 0 aliphatic heterocycles. The maximum atomic E-state index is 12.3.